The molecular weight excluding hydrogens is 466 g/mol. The molecule has 0 spiro atoms. The van der Waals surface area contributed by atoms with Gasteiger partial charge in [-0.3, -0.25) is 19.7 Å². The Bertz CT molecular complexity index is 1230. The molecule has 1 saturated heterocycles. The summed E-state index contributed by atoms with van der Waals surface area (Å²) < 4.78 is 5.48. The van der Waals surface area contributed by atoms with Crippen LogP contribution >= 0.6 is 0 Å². The first kappa shape index (κ1) is 26.7. The molecule has 2 aromatic carbocycles. The SMILES string of the molecule is CCN(CC)CCN1C(=O)C(=O)/C(=C(/O)c2cc(C)cc(C)c2OC)C1c1ccc(O)c([N+](=O)[O-])c1. The van der Waals surface area contributed by atoms with E-state index in [9.17, 15) is 29.9 Å². The van der Waals surface area contributed by atoms with Crippen molar-refractivity contribution in [2.45, 2.75) is 33.7 Å². The number of rotatable bonds is 9. The highest BCUT2D eigenvalue weighted by atomic mass is 16.6. The maximum Gasteiger partial charge on any atom is 0.311 e. The summed E-state index contributed by atoms with van der Waals surface area (Å²) in [5.41, 5.74) is 1.25. The molecule has 10 nitrogen and oxygen atoms in total. The molecule has 2 aromatic rings. The maximum absolute atomic E-state index is 13.3. The molecule has 3 rings (SSSR count). The van der Waals surface area contributed by atoms with Crippen LogP contribution in [0, 0.1) is 24.0 Å². The van der Waals surface area contributed by atoms with Gasteiger partial charge in [0.2, 0.25) is 0 Å². The molecule has 1 amide bonds. The number of aliphatic hydroxyl groups is 1. The molecule has 0 saturated carbocycles. The fourth-order valence-electron chi connectivity index (χ4n) is 4.65. The number of aryl methyl sites for hydroxylation is 2. The molecule has 0 bridgehead atoms. The van der Waals surface area contributed by atoms with E-state index in [0.717, 1.165) is 36.3 Å². The summed E-state index contributed by atoms with van der Waals surface area (Å²) in [6.45, 7) is 9.66. The molecule has 0 radical (unpaired) electrons. The summed E-state index contributed by atoms with van der Waals surface area (Å²) in [6, 6.07) is 6.11. The van der Waals surface area contributed by atoms with Crippen LogP contribution in [0.15, 0.2) is 35.9 Å². The van der Waals surface area contributed by atoms with Gasteiger partial charge >= 0.3 is 5.69 Å². The van der Waals surface area contributed by atoms with Gasteiger partial charge in [-0.25, -0.2) is 0 Å². The number of carbonyl (C=O) groups excluding carboxylic acids is 2. The van der Waals surface area contributed by atoms with Crippen LogP contribution in [0.3, 0.4) is 0 Å². The molecule has 192 valence electrons. The average Bonchev–Trinajstić information content (AvgIpc) is 3.09. The number of nitro benzene ring substituents is 1. The number of likely N-dealkylation sites (N-methyl/N-ethyl adjacent to an activating group) is 1. The second kappa shape index (κ2) is 10.8. The predicted molar refractivity (Wildman–Crippen MR) is 134 cm³/mol. The number of ketones is 1. The fourth-order valence-corrected chi connectivity index (χ4v) is 4.65. The Labute approximate surface area is 209 Å². The van der Waals surface area contributed by atoms with E-state index in [0.29, 0.717) is 12.3 Å². The highest BCUT2D eigenvalue weighted by Crippen LogP contribution is 2.43. The molecule has 36 heavy (non-hydrogen) atoms. The van der Waals surface area contributed by atoms with Gasteiger partial charge in [0.15, 0.2) is 5.75 Å². The third-order valence-corrected chi connectivity index (χ3v) is 6.48. The lowest BCUT2D eigenvalue weighted by atomic mass is 9.93. The number of aromatic hydroxyl groups is 1. The first-order valence-corrected chi connectivity index (χ1v) is 11.7. The summed E-state index contributed by atoms with van der Waals surface area (Å²) in [5, 5.41) is 32.9. The van der Waals surface area contributed by atoms with Crippen LogP contribution in [-0.2, 0) is 9.59 Å². The molecule has 1 aliphatic rings. The lowest BCUT2D eigenvalue weighted by molar-refractivity contribution is -0.385. The molecular formula is C26H31N3O7. The fraction of sp³-hybridized carbons (Fsp3) is 0.385. The van der Waals surface area contributed by atoms with Crippen LogP contribution in [0.4, 0.5) is 5.69 Å². The van der Waals surface area contributed by atoms with Crippen molar-refractivity contribution in [1.29, 1.82) is 0 Å². The quantitative estimate of drug-likeness (QED) is 0.176. The Kier molecular flexibility index (Phi) is 7.99. The van der Waals surface area contributed by atoms with E-state index >= 15 is 0 Å². The Morgan fingerprint density at radius 3 is 2.42 bits per heavy atom. The summed E-state index contributed by atoms with van der Waals surface area (Å²) in [7, 11) is 1.44. The van der Waals surface area contributed by atoms with E-state index in [1.54, 1.807) is 13.0 Å². The van der Waals surface area contributed by atoms with E-state index < -0.39 is 39.9 Å². The number of ether oxygens (including phenoxy) is 1. The van der Waals surface area contributed by atoms with Gasteiger partial charge in [-0.05, 0) is 55.8 Å². The molecule has 10 heteroatoms. The zero-order chi connectivity index (χ0) is 26.7. The third-order valence-electron chi connectivity index (χ3n) is 6.48. The van der Waals surface area contributed by atoms with E-state index in [4.69, 9.17) is 4.74 Å². The van der Waals surface area contributed by atoms with Crippen LogP contribution in [0.5, 0.6) is 11.5 Å². The number of benzene rings is 2. The lowest BCUT2D eigenvalue weighted by Gasteiger charge is -2.28. The van der Waals surface area contributed by atoms with Crippen LogP contribution < -0.4 is 4.74 Å². The van der Waals surface area contributed by atoms with E-state index in [2.05, 4.69) is 4.90 Å². The molecule has 1 aliphatic heterocycles. The number of Topliss-reactive ketones (excluding diaryl/α,β-unsaturated/α-hetero) is 1. The van der Waals surface area contributed by atoms with Crippen LogP contribution in [0.1, 0.15) is 42.1 Å². The number of phenolic OH excluding ortho intramolecular Hbond substituents is 1. The summed E-state index contributed by atoms with van der Waals surface area (Å²) >= 11 is 0. The smallest absolute Gasteiger partial charge is 0.311 e. The number of nitro groups is 1. The lowest BCUT2D eigenvalue weighted by Crippen LogP contribution is -2.38. The van der Waals surface area contributed by atoms with Crippen molar-refractivity contribution in [3.63, 3.8) is 0 Å². The number of phenols is 1. The van der Waals surface area contributed by atoms with Crippen LogP contribution in [-0.4, -0.2) is 69.9 Å². The number of carbonyl (C=O) groups is 2. The molecule has 1 unspecified atom stereocenters. The number of aliphatic hydroxyl groups excluding tert-OH is 1. The second-order valence-electron chi connectivity index (χ2n) is 8.69. The zero-order valence-electron chi connectivity index (χ0n) is 21.1. The van der Waals surface area contributed by atoms with Gasteiger partial charge in [0, 0.05) is 19.2 Å². The van der Waals surface area contributed by atoms with Crippen molar-refractivity contribution in [2.24, 2.45) is 0 Å². The van der Waals surface area contributed by atoms with Gasteiger partial charge in [0.05, 0.1) is 29.2 Å². The van der Waals surface area contributed by atoms with E-state index in [1.165, 1.54) is 18.1 Å². The number of hydrogen-bond acceptors (Lipinski definition) is 8. The van der Waals surface area contributed by atoms with Gasteiger partial charge in [-0.15, -0.1) is 0 Å². The maximum atomic E-state index is 13.3. The molecule has 1 heterocycles. The normalized spacial score (nSPS) is 17.2. The minimum absolute atomic E-state index is 0.159. The summed E-state index contributed by atoms with van der Waals surface area (Å²) in [4.78, 5) is 40.7. The van der Waals surface area contributed by atoms with Gasteiger partial charge in [-0.2, -0.15) is 0 Å². The van der Waals surface area contributed by atoms with Crippen molar-refractivity contribution in [2.75, 3.05) is 33.3 Å². The average molecular weight is 498 g/mol. The Balaban J connectivity index is 2.27. The molecule has 2 N–H and O–H groups in total. The Morgan fingerprint density at radius 2 is 1.83 bits per heavy atom. The summed E-state index contributed by atoms with van der Waals surface area (Å²) in [6.07, 6.45) is 0. The van der Waals surface area contributed by atoms with Crippen molar-refractivity contribution in [3.8, 4) is 11.5 Å². The monoisotopic (exact) mass is 497 g/mol. The van der Waals surface area contributed by atoms with Gasteiger partial charge in [0.1, 0.15) is 11.5 Å². The van der Waals surface area contributed by atoms with E-state index in [-0.39, 0.29) is 23.2 Å². The topological polar surface area (TPSA) is 133 Å². The van der Waals surface area contributed by atoms with Crippen molar-refractivity contribution in [1.82, 2.24) is 9.80 Å². The molecule has 0 aliphatic carbocycles. The highest BCUT2D eigenvalue weighted by molar-refractivity contribution is 6.46. The molecule has 1 atom stereocenters. The van der Waals surface area contributed by atoms with Crippen molar-refractivity contribution < 1.29 is 29.5 Å². The van der Waals surface area contributed by atoms with E-state index in [1.807, 2.05) is 26.8 Å². The predicted octanol–water partition coefficient (Wildman–Crippen LogP) is 3.69. The minimum atomic E-state index is -1.09. The largest absolute Gasteiger partial charge is 0.507 e. The Morgan fingerprint density at radius 1 is 1.17 bits per heavy atom. The number of amides is 1. The Hall–Kier alpha value is -3.92. The number of nitrogens with zero attached hydrogens (tertiary/aromatic N) is 3. The first-order chi connectivity index (χ1) is 17.0. The van der Waals surface area contributed by atoms with Crippen LogP contribution in [0.2, 0.25) is 0 Å². The van der Waals surface area contributed by atoms with Gasteiger partial charge in [0.25, 0.3) is 11.7 Å². The molecule has 0 aromatic heterocycles. The molecule has 1 fully saturated rings. The van der Waals surface area contributed by atoms with Crippen molar-refractivity contribution >= 4 is 23.1 Å². The standard InChI is InChI=1S/C26H31N3O7/c1-6-27(7-2)10-11-28-22(17-8-9-20(30)19(14-17)29(34)35)21(24(32)26(28)33)23(31)18-13-15(3)12-16(4)25(18)36-5/h8-9,12-14,22,30-31H,6-7,10-11H2,1-5H3/b23-21+. The third kappa shape index (κ3) is 4.90. The highest BCUT2D eigenvalue weighted by Gasteiger charge is 2.46. The van der Waals surface area contributed by atoms with Crippen molar-refractivity contribution in [3.05, 3.63) is 68.3 Å². The van der Waals surface area contributed by atoms with Gasteiger partial charge in [-0.1, -0.05) is 26.0 Å². The summed E-state index contributed by atoms with van der Waals surface area (Å²) in [5.74, 6) is -2.33. The number of likely N-dealkylation sites (tertiary alicyclic amines) is 1. The second-order valence-corrected chi connectivity index (χ2v) is 8.69. The number of hydrogen-bond donors (Lipinski definition) is 2. The van der Waals surface area contributed by atoms with Gasteiger partial charge < -0.3 is 24.7 Å². The number of methoxy groups -OCH3 is 1. The van der Waals surface area contributed by atoms with Crippen LogP contribution in [0.25, 0.3) is 5.76 Å². The first-order valence-electron chi connectivity index (χ1n) is 11.7. The zero-order valence-corrected chi connectivity index (χ0v) is 21.1. The minimum Gasteiger partial charge on any atom is -0.507 e.